The summed E-state index contributed by atoms with van der Waals surface area (Å²) in [7, 11) is 0. The molecule has 3 heterocycles. The van der Waals surface area contributed by atoms with Crippen LogP contribution in [-0.4, -0.2) is 66.8 Å². The third-order valence-corrected chi connectivity index (χ3v) is 4.28. The molecule has 0 radical (unpaired) electrons. The first-order valence-electron chi connectivity index (χ1n) is 8.95. The first-order valence-corrected chi connectivity index (χ1v) is 8.95. The fraction of sp³-hybridized carbons (Fsp3) is 0.500. The van der Waals surface area contributed by atoms with Crippen molar-refractivity contribution in [2.75, 3.05) is 12.3 Å². The van der Waals surface area contributed by atoms with Crippen molar-refractivity contribution in [1.29, 1.82) is 0 Å². The maximum absolute atomic E-state index is 11.5. The van der Waals surface area contributed by atoms with Gasteiger partial charge in [0.15, 0.2) is 12.0 Å². The summed E-state index contributed by atoms with van der Waals surface area (Å²) in [6.07, 6.45) is 0.0828. The molecule has 29 heavy (non-hydrogen) atoms. The zero-order chi connectivity index (χ0) is 21.6. The van der Waals surface area contributed by atoms with Crippen LogP contribution in [0.25, 0.3) is 0 Å². The lowest BCUT2D eigenvalue weighted by molar-refractivity contribution is -0.0549. The third kappa shape index (κ3) is 5.95. The van der Waals surface area contributed by atoms with Crippen molar-refractivity contribution in [3.63, 3.8) is 0 Å². The molecule has 1 aliphatic heterocycles. The molecule has 5 atom stereocenters. The summed E-state index contributed by atoms with van der Waals surface area (Å²) in [5, 5.41) is 37.1. The van der Waals surface area contributed by atoms with Crippen LogP contribution in [0, 0.1) is 0 Å². The van der Waals surface area contributed by atoms with Gasteiger partial charge in [0.25, 0.3) is 0 Å². The Balaban J connectivity index is 0.000000221. The van der Waals surface area contributed by atoms with E-state index in [-0.39, 0.29) is 11.6 Å². The number of rotatable bonds is 6. The van der Waals surface area contributed by atoms with Crippen LogP contribution in [0.1, 0.15) is 36.4 Å². The van der Waals surface area contributed by atoms with E-state index in [9.17, 15) is 19.8 Å². The number of nitrogen functional groups attached to an aromatic ring is 1. The number of Topliss-reactive ketones (excluding diaryl/α,β-unsaturated/α-hetero) is 1. The van der Waals surface area contributed by atoms with Crippen molar-refractivity contribution in [3.05, 3.63) is 46.9 Å². The average molecular weight is 411 g/mol. The quantitative estimate of drug-likeness (QED) is 0.372. The lowest BCUT2D eigenvalue weighted by atomic mass is 10.1. The monoisotopic (exact) mass is 411 g/mol. The largest absolute Gasteiger partial charge is 0.472 e. The smallest absolute Gasteiger partial charge is 0.351 e. The van der Waals surface area contributed by atoms with Crippen LogP contribution in [0.2, 0.25) is 0 Å². The van der Waals surface area contributed by atoms with Crippen LogP contribution >= 0.6 is 0 Å². The predicted molar refractivity (Wildman–Crippen MR) is 99.9 cm³/mol. The van der Waals surface area contributed by atoms with Gasteiger partial charge in [0.1, 0.15) is 30.4 Å². The molecule has 11 nitrogen and oxygen atoms in total. The Morgan fingerprint density at radius 3 is 2.59 bits per heavy atom. The molecule has 2 aromatic heterocycles. The van der Waals surface area contributed by atoms with Crippen molar-refractivity contribution in [3.8, 4) is 0 Å². The average Bonchev–Trinajstić information content (AvgIpc) is 3.30. The van der Waals surface area contributed by atoms with E-state index < -0.39 is 42.9 Å². The van der Waals surface area contributed by atoms with Crippen molar-refractivity contribution >= 4 is 11.6 Å². The number of carbonyl (C=O) groups excluding carboxylic acids is 1. The molecule has 11 heteroatoms. The fourth-order valence-corrected chi connectivity index (χ4v) is 2.64. The minimum atomic E-state index is -1.31. The summed E-state index contributed by atoms with van der Waals surface area (Å²) in [4.78, 5) is 26.2. The van der Waals surface area contributed by atoms with Crippen LogP contribution < -0.4 is 11.4 Å². The van der Waals surface area contributed by atoms with Gasteiger partial charge < -0.3 is 35.3 Å². The van der Waals surface area contributed by atoms with E-state index in [1.54, 1.807) is 13.0 Å². The van der Waals surface area contributed by atoms with Gasteiger partial charge in [-0.05, 0) is 25.5 Å². The standard InChI is InChI=1S/C9H13N3O5.C9H12O3/c10-5-1-2-12(9(16)11-5)8-7(15)6(14)4(3-13)17-8;1-7(10)2-3-9(11)8-4-5-12-6-8/h1-2,4,6-8,13-15H,3H2,(H2,10,11,16);4-7,10H,2-3H2,1H3/t4-,6-,7+,8-;/m1./s1. The molecule has 1 unspecified atom stereocenters. The molecule has 1 saturated heterocycles. The molecule has 0 aliphatic carbocycles. The topological polar surface area (TPSA) is 181 Å². The predicted octanol–water partition coefficient (Wildman–Crippen LogP) is -0.940. The minimum absolute atomic E-state index is 0.0182. The van der Waals surface area contributed by atoms with E-state index >= 15 is 0 Å². The van der Waals surface area contributed by atoms with Gasteiger partial charge in [0.05, 0.1) is 24.5 Å². The van der Waals surface area contributed by atoms with Gasteiger partial charge in [-0.15, -0.1) is 0 Å². The fourth-order valence-electron chi connectivity index (χ4n) is 2.64. The molecule has 0 spiro atoms. The molecular formula is C18H25N3O8. The number of ketones is 1. The van der Waals surface area contributed by atoms with Gasteiger partial charge in [-0.1, -0.05) is 0 Å². The highest BCUT2D eigenvalue weighted by molar-refractivity contribution is 5.95. The first kappa shape index (κ1) is 22.7. The molecule has 3 rings (SSSR count). The van der Waals surface area contributed by atoms with E-state index in [0.717, 1.165) is 4.57 Å². The Bertz CT molecular complexity index is 836. The highest BCUT2D eigenvalue weighted by atomic mass is 16.6. The second-order valence-corrected chi connectivity index (χ2v) is 6.59. The zero-order valence-electron chi connectivity index (χ0n) is 15.8. The van der Waals surface area contributed by atoms with Crippen molar-refractivity contribution in [2.45, 2.75) is 50.4 Å². The minimum Gasteiger partial charge on any atom is -0.472 e. The van der Waals surface area contributed by atoms with Crippen molar-refractivity contribution in [2.24, 2.45) is 0 Å². The number of nitrogens with zero attached hydrogens (tertiary/aromatic N) is 2. The molecule has 0 aromatic carbocycles. The van der Waals surface area contributed by atoms with Gasteiger partial charge in [-0.25, -0.2) is 4.79 Å². The van der Waals surface area contributed by atoms with Gasteiger partial charge in [-0.2, -0.15) is 4.98 Å². The number of furan rings is 1. The Kier molecular flexibility index (Phi) is 8.05. The normalized spacial score (nSPS) is 24.6. The molecule has 1 aliphatic rings. The summed E-state index contributed by atoms with van der Waals surface area (Å²) in [5.41, 5.74) is 5.21. The molecule has 6 N–H and O–H groups in total. The van der Waals surface area contributed by atoms with Crippen LogP contribution in [0.3, 0.4) is 0 Å². The number of anilines is 1. The summed E-state index contributed by atoms with van der Waals surface area (Å²) >= 11 is 0. The molecule has 0 bridgehead atoms. The Morgan fingerprint density at radius 1 is 1.34 bits per heavy atom. The zero-order valence-corrected chi connectivity index (χ0v) is 15.8. The van der Waals surface area contributed by atoms with Gasteiger partial charge >= 0.3 is 5.69 Å². The summed E-state index contributed by atoms with van der Waals surface area (Å²) in [6.45, 7) is 1.22. The van der Waals surface area contributed by atoms with Gasteiger partial charge in [0, 0.05) is 12.6 Å². The van der Waals surface area contributed by atoms with E-state index in [1.807, 2.05) is 0 Å². The number of ether oxygens (including phenoxy) is 1. The van der Waals surface area contributed by atoms with Gasteiger partial charge in [-0.3, -0.25) is 9.36 Å². The molecule has 1 fully saturated rings. The van der Waals surface area contributed by atoms with Crippen LogP contribution in [0.4, 0.5) is 5.82 Å². The third-order valence-electron chi connectivity index (χ3n) is 4.28. The number of nitrogens with two attached hydrogens (primary N) is 1. The molecule has 0 saturated carbocycles. The van der Waals surface area contributed by atoms with Crippen molar-refractivity contribution < 1.29 is 34.4 Å². The van der Waals surface area contributed by atoms with E-state index in [0.29, 0.717) is 18.4 Å². The number of hydrogen-bond acceptors (Lipinski definition) is 10. The summed E-state index contributed by atoms with van der Waals surface area (Å²) < 4.78 is 10.9. The number of aromatic nitrogens is 2. The highest BCUT2D eigenvalue weighted by Crippen LogP contribution is 2.27. The first-order chi connectivity index (χ1) is 13.7. The van der Waals surface area contributed by atoms with Crippen LogP contribution in [0.15, 0.2) is 40.1 Å². The second-order valence-electron chi connectivity index (χ2n) is 6.59. The lowest BCUT2D eigenvalue weighted by Crippen LogP contribution is -2.36. The number of aliphatic hydroxyl groups excluding tert-OH is 4. The summed E-state index contributed by atoms with van der Waals surface area (Å²) in [5.74, 6) is 0.0719. The van der Waals surface area contributed by atoms with E-state index in [1.165, 1.54) is 24.8 Å². The Morgan fingerprint density at radius 2 is 2.07 bits per heavy atom. The highest BCUT2D eigenvalue weighted by Gasteiger charge is 2.43. The lowest BCUT2D eigenvalue weighted by Gasteiger charge is -2.16. The maximum Gasteiger partial charge on any atom is 0.351 e. The maximum atomic E-state index is 11.5. The van der Waals surface area contributed by atoms with Crippen LogP contribution in [-0.2, 0) is 4.74 Å². The Hall–Kier alpha value is -2.57. The van der Waals surface area contributed by atoms with Crippen LogP contribution in [0.5, 0.6) is 0 Å². The molecule has 2 aromatic rings. The number of aliphatic hydroxyl groups is 4. The number of hydrogen-bond donors (Lipinski definition) is 5. The van der Waals surface area contributed by atoms with E-state index in [4.69, 9.17) is 25.1 Å². The SMILES string of the molecule is CC(O)CCC(=O)c1ccoc1.Nc1ccn([C@@H]2O[C@H](CO)[C@@H](O)[C@@H]2O)c(=O)n1. The Labute approximate surface area is 166 Å². The van der Waals surface area contributed by atoms with Crippen molar-refractivity contribution in [1.82, 2.24) is 9.55 Å². The molecule has 160 valence electrons. The molecular weight excluding hydrogens is 386 g/mol. The molecule has 0 amide bonds. The van der Waals surface area contributed by atoms with E-state index in [2.05, 4.69) is 4.98 Å². The summed E-state index contributed by atoms with van der Waals surface area (Å²) in [6, 6.07) is 3.00. The van der Waals surface area contributed by atoms with Gasteiger partial charge in [0.2, 0.25) is 0 Å². The second kappa shape index (κ2) is 10.3. The number of carbonyl (C=O) groups is 1.